The molecule has 1 aliphatic heterocycles. The van der Waals surface area contributed by atoms with Gasteiger partial charge in [-0.1, -0.05) is 11.3 Å². The van der Waals surface area contributed by atoms with E-state index in [4.69, 9.17) is 9.15 Å². The third kappa shape index (κ3) is 4.93. The molecule has 11 heteroatoms. The van der Waals surface area contributed by atoms with Crippen molar-refractivity contribution in [1.82, 2.24) is 25.4 Å². The van der Waals surface area contributed by atoms with E-state index in [0.29, 0.717) is 36.0 Å². The van der Waals surface area contributed by atoms with Crippen molar-refractivity contribution in [3.63, 3.8) is 0 Å². The number of amides is 1. The summed E-state index contributed by atoms with van der Waals surface area (Å²) in [6, 6.07) is 8.98. The Labute approximate surface area is 209 Å². The van der Waals surface area contributed by atoms with Crippen molar-refractivity contribution in [2.45, 2.75) is 31.9 Å². The second-order valence-electron chi connectivity index (χ2n) is 8.92. The Morgan fingerprint density at radius 2 is 2.11 bits per heavy atom. The second-order valence-corrected chi connectivity index (χ2v) is 11.0. The van der Waals surface area contributed by atoms with Crippen LogP contribution in [0.5, 0.6) is 5.75 Å². The molecule has 4 heterocycles. The first-order chi connectivity index (χ1) is 16.8. The third-order valence-corrected chi connectivity index (χ3v) is 8.20. The van der Waals surface area contributed by atoms with E-state index in [1.54, 1.807) is 48.1 Å². The van der Waals surface area contributed by atoms with Crippen molar-refractivity contribution in [3.8, 4) is 16.3 Å². The number of carbonyl (C=O) groups is 1. The quantitative estimate of drug-likeness (QED) is 0.389. The van der Waals surface area contributed by atoms with E-state index >= 15 is 0 Å². The van der Waals surface area contributed by atoms with Gasteiger partial charge in [0.2, 0.25) is 0 Å². The maximum atomic E-state index is 13.1. The van der Waals surface area contributed by atoms with Crippen molar-refractivity contribution in [1.29, 1.82) is 0 Å². The van der Waals surface area contributed by atoms with Crippen molar-refractivity contribution >= 4 is 28.6 Å². The van der Waals surface area contributed by atoms with Gasteiger partial charge in [-0.25, -0.2) is 10.1 Å². The molecule has 0 saturated carbocycles. The molecule has 35 heavy (non-hydrogen) atoms. The van der Waals surface area contributed by atoms with Gasteiger partial charge in [0, 0.05) is 30.1 Å². The van der Waals surface area contributed by atoms with Crippen LogP contribution in [-0.4, -0.2) is 51.7 Å². The first-order valence-corrected chi connectivity index (χ1v) is 12.7. The van der Waals surface area contributed by atoms with Gasteiger partial charge in [0.25, 0.3) is 5.91 Å². The van der Waals surface area contributed by atoms with Crippen LogP contribution in [0.15, 0.2) is 52.1 Å². The van der Waals surface area contributed by atoms with Crippen LogP contribution < -0.4 is 14.9 Å². The highest BCUT2D eigenvalue weighted by Crippen LogP contribution is 2.35. The van der Waals surface area contributed by atoms with Gasteiger partial charge in [-0.3, -0.25) is 9.59 Å². The molecule has 4 aromatic rings. The topological polar surface area (TPSA) is 113 Å². The lowest BCUT2D eigenvalue weighted by Crippen LogP contribution is -2.51. The van der Waals surface area contributed by atoms with Crippen molar-refractivity contribution in [2.24, 2.45) is 0 Å². The highest BCUT2D eigenvalue weighted by Gasteiger charge is 2.45. The number of rotatable bonds is 7. The zero-order valence-electron chi connectivity index (χ0n) is 19.5. The number of carbonyl (C=O) groups excluding carboxylic acids is 1. The Balaban J connectivity index is 1.23. The summed E-state index contributed by atoms with van der Waals surface area (Å²) in [5, 5.41) is 11.4. The Morgan fingerprint density at radius 1 is 1.31 bits per heavy atom. The molecule has 2 N–H and O–H groups in total. The molecule has 0 spiro atoms. The number of nitrogens with zero attached hydrogens (tertiary/aromatic N) is 3. The number of H-pyrrole nitrogens is 1. The van der Waals surface area contributed by atoms with Crippen LogP contribution in [0, 0.1) is 6.92 Å². The molecule has 1 aromatic carbocycles. The first kappa shape index (κ1) is 23.5. The Kier molecular flexibility index (Phi) is 6.30. The molecule has 1 aliphatic rings. The Hall–Kier alpha value is -3.28. The van der Waals surface area contributed by atoms with Crippen molar-refractivity contribution < 1.29 is 13.9 Å². The number of aryl methyl sites for hydroxylation is 1. The zero-order valence-corrected chi connectivity index (χ0v) is 21.2. The summed E-state index contributed by atoms with van der Waals surface area (Å²) >= 11 is 2.67. The maximum absolute atomic E-state index is 13.1. The number of aromatic amines is 1. The number of aromatic nitrogens is 3. The van der Waals surface area contributed by atoms with E-state index in [-0.39, 0.29) is 16.7 Å². The fraction of sp³-hybridized carbons (Fsp3) is 0.333. The standard InChI is InChI=1S/C24H25N5O4S2/c1-14-19(34-21(25-14)16-8-9-32-11-16)12-33-17-6-4-15(5-7-17)20(30)26-24(2)13-29(3)10-18(24)22-27-28-23(31)35-22/h4-9,11,18H,10,12-13H2,1-3H3,(H,26,30)(H,28,31)/t18-,24+/m1/s1. The van der Waals surface area contributed by atoms with Gasteiger partial charge in [-0.2, -0.15) is 5.10 Å². The molecule has 3 aromatic heterocycles. The molecule has 0 bridgehead atoms. The van der Waals surface area contributed by atoms with Gasteiger partial charge < -0.3 is 19.4 Å². The van der Waals surface area contributed by atoms with Crippen molar-refractivity contribution in [2.75, 3.05) is 20.1 Å². The molecule has 0 unspecified atom stereocenters. The fourth-order valence-electron chi connectivity index (χ4n) is 4.37. The minimum absolute atomic E-state index is 0.0717. The minimum atomic E-state index is -0.546. The largest absolute Gasteiger partial charge is 0.488 e. The van der Waals surface area contributed by atoms with Gasteiger partial charge in [0.15, 0.2) is 0 Å². The second kappa shape index (κ2) is 9.40. The summed E-state index contributed by atoms with van der Waals surface area (Å²) in [7, 11) is 1.99. The predicted octanol–water partition coefficient (Wildman–Crippen LogP) is 3.65. The van der Waals surface area contributed by atoms with Gasteiger partial charge in [-0.15, -0.1) is 11.3 Å². The lowest BCUT2D eigenvalue weighted by Gasteiger charge is -2.30. The van der Waals surface area contributed by atoms with E-state index in [1.165, 1.54) is 0 Å². The molecule has 182 valence electrons. The molecule has 2 atom stereocenters. The van der Waals surface area contributed by atoms with Crippen LogP contribution in [0.2, 0.25) is 0 Å². The number of hydrogen-bond acceptors (Lipinski definition) is 9. The summed E-state index contributed by atoms with van der Waals surface area (Å²) < 4.78 is 11.1. The molecule has 1 fully saturated rings. The van der Waals surface area contributed by atoms with Crippen LogP contribution >= 0.6 is 22.7 Å². The van der Waals surface area contributed by atoms with Crippen LogP contribution in [0.25, 0.3) is 10.6 Å². The van der Waals surface area contributed by atoms with E-state index < -0.39 is 5.54 Å². The predicted molar refractivity (Wildman–Crippen MR) is 134 cm³/mol. The summed E-state index contributed by atoms with van der Waals surface area (Å²) in [5.41, 5.74) is 1.87. The number of nitrogens with one attached hydrogen (secondary N) is 2. The normalized spacial score (nSPS) is 20.3. The number of furan rings is 1. The van der Waals surface area contributed by atoms with Gasteiger partial charge in [0.05, 0.1) is 22.4 Å². The van der Waals surface area contributed by atoms with Gasteiger partial charge in [0.1, 0.15) is 28.6 Å². The number of likely N-dealkylation sites (N-methyl/N-ethyl adjacent to an activating group) is 1. The molecule has 5 rings (SSSR count). The van der Waals surface area contributed by atoms with E-state index in [1.807, 2.05) is 27.0 Å². The molecular formula is C24H25N5O4S2. The average molecular weight is 512 g/mol. The third-order valence-electron chi connectivity index (χ3n) is 6.16. The fourth-order valence-corrected chi connectivity index (χ4v) is 6.18. The van der Waals surface area contributed by atoms with Crippen molar-refractivity contribution in [3.05, 3.63) is 73.7 Å². The SMILES string of the molecule is Cc1nc(-c2ccoc2)sc1COc1ccc(C(=O)N[C@@]2(C)CN(C)C[C@@H]2c2n[nH]c(=O)s2)cc1. The number of hydrogen-bond donors (Lipinski definition) is 2. The maximum Gasteiger partial charge on any atom is 0.322 e. The van der Waals surface area contributed by atoms with Crippen LogP contribution in [0.3, 0.4) is 0 Å². The Bertz CT molecular complexity index is 1380. The lowest BCUT2D eigenvalue weighted by atomic mass is 9.89. The van der Waals surface area contributed by atoms with Crippen LogP contribution in [-0.2, 0) is 6.61 Å². The first-order valence-electron chi connectivity index (χ1n) is 11.1. The minimum Gasteiger partial charge on any atom is -0.488 e. The molecule has 0 aliphatic carbocycles. The highest BCUT2D eigenvalue weighted by molar-refractivity contribution is 7.15. The average Bonchev–Trinajstić information content (AvgIpc) is 3.61. The highest BCUT2D eigenvalue weighted by atomic mass is 32.1. The molecule has 1 amide bonds. The van der Waals surface area contributed by atoms with E-state index in [9.17, 15) is 9.59 Å². The van der Waals surface area contributed by atoms with E-state index in [0.717, 1.165) is 32.5 Å². The smallest absolute Gasteiger partial charge is 0.322 e. The van der Waals surface area contributed by atoms with Crippen LogP contribution in [0.1, 0.15) is 38.8 Å². The lowest BCUT2D eigenvalue weighted by molar-refractivity contribution is 0.0902. The Morgan fingerprint density at radius 3 is 2.80 bits per heavy atom. The summed E-state index contributed by atoms with van der Waals surface area (Å²) in [6.45, 7) is 5.72. The summed E-state index contributed by atoms with van der Waals surface area (Å²) in [5.74, 6) is 0.424. The molecular weight excluding hydrogens is 486 g/mol. The van der Waals surface area contributed by atoms with Crippen LogP contribution in [0.4, 0.5) is 0 Å². The van der Waals surface area contributed by atoms with Gasteiger partial charge in [-0.05, 0) is 51.2 Å². The number of likely N-dealkylation sites (tertiary alicyclic amines) is 1. The zero-order chi connectivity index (χ0) is 24.6. The number of benzene rings is 1. The van der Waals surface area contributed by atoms with Gasteiger partial charge >= 0.3 is 4.87 Å². The monoisotopic (exact) mass is 511 g/mol. The molecule has 0 radical (unpaired) electrons. The molecule has 1 saturated heterocycles. The molecule has 9 nitrogen and oxygen atoms in total. The summed E-state index contributed by atoms with van der Waals surface area (Å²) in [6.07, 6.45) is 3.31. The number of thiazole rings is 1. The number of ether oxygens (including phenoxy) is 1. The van der Waals surface area contributed by atoms with E-state index in [2.05, 4.69) is 25.4 Å². The summed E-state index contributed by atoms with van der Waals surface area (Å²) in [4.78, 5) is 32.3.